The molecule has 0 saturated carbocycles. The van der Waals surface area contributed by atoms with E-state index in [-0.39, 0.29) is 6.79 Å². The molecule has 3 aromatic carbocycles. The lowest BCUT2D eigenvalue weighted by atomic mass is 10.0. The van der Waals surface area contributed by atoms with Crippen molar-refractivity contribution in [2.24, 2.45) is 0 Å². The molecule has 0 aliphatic carbocycles. The van der Waals surface area contributed by atoms with Crippen LogP contribution in [-0.4, -0.2) is 22.0 Å². The van der Waals surface area contributed by atoms with Gasteiger partial charge in [0.2, 0.25) is 6.79 Å². The summed E-state index contributed by atoms with van der Waals surface area (Å²) in [6.07, 6.45) is 0. The highest BCUT2D eigenvalue weighted by molar-refractivity contribution is 5.78. The van der Waals surface area contributed by atoms with E-state index in [9.17, 15) is 0 Å². The Labute approximate surface area is 156 Å². The van der Waals surface area contributed by atoms with Crippen LogP contribution >= 0.6 is 0 Å². The highest BCUT2D eigenvalue weighted by Gasteiger charge is 2.18. The van der Waals surface area contributed by atoms with Gasteiger partial charge in [0, 0.05) is 16.7 Å². The van der Waals surface area contributed by atoms with Gasteiger partial charge in [0.25, 0.3) is 0 Å². The third kappa shape index (κ3) is 2.89. The number of hydrogen-bond acceptors (Lipinski definition) is 5. The summed E-state index contributed by atoms with van der Waals surface area (Å²) in [5.74, 6) is 1.98. The number of nitrogens with zero attached hydrogens (tertiary/aromatic N) is 3. The zero-order valence-electron chi connectivity index (χ0n) is 14.4. The summed E-state index contributed by atoms with van der Waals surface area (Å²) < 4.78 is 10.9. The lowest BCUT2D eigenvalue weighted by molar-refractivity contribution is 0.174. The first-order valence-corrected chi connectivity index (χ1v) is 8.64. The number of benzene rings is 3. The van der Waals surface area contributed by atoms with Crippen molar-refractivity contribution in [3.63, 3.8) is 0 Å². The molecule has 0 bridgehead atoms. The first-order chi connectivity index (χ1) is 13.4. The quantitative estimate of drug-likeness (QED) is 0.539. The van der Waals surface area contributed by atoms with Gasteiger partial charge in [-0.1, -0.05) is 60.7 Å². The summed E-state index contributed by atoms with van der Waals surface area (Å²) >= 11 is 0. The fourth-order valence-electron chi connectivity index (χ4n) is 3.07. The Balaban J connectivity index is 1.67. The molecule has 130 valence electrons. The summed E-state index contributed by atoms with van der Waals surface area (Å²) in [6.45, 7) is 0.236. The molecular weight excluding hydrogens is 338 g/mol. The van der Waals surface area contributed by atoms with E-state index in [1.54, 1.807) is 0 Å². The van der Waals surface area contributed by atoms with Crippen LogP contribution in [0, 0.1) is 0 Å². The average Bonchev–Trinajstić information content (AvgIpc) is 3.22. The minimum absolute atomic E-state index is 0.236. The van der Waals surface area contributed by atoms with Gasteiger partial charge in [0.15, 0.2) is 17.3 Å². The van der Waals surface area contributed by atoms with E-state index < -0.39 is 0 Å². The third-order valence-corrected chi connectivity index (χ3v) is 4.41. The Morgan fingerprint density at radius 1 is 0.593 bits per heavy atom. The second kappa shape index (κ2) is 6.53. The maximum atomic E-state index is 5.47. The number of hydrogen-bond donors (Lipinski definition) is 0. The normalized spacial score (nSPS) is 12.1. The first kappa shape index (κ1) is 15.5. The zero-order chi connectivity index (χ0) is 18.1. The van der Waals surface area contributed by atoms with Gasteiger partial charge in [-0.25, -0.2) is 4.98 Å². The maximum absolute atomic E-state index is 5.47. The van der Waals surface area contributed by atoms with Crippen molar-refractivity contribution in [2.45, 2.75) is 0 Å². The van der Waals surface area contributed by atoms with Gasteiger partial charge in [-0.15, -0.1) is 10.2 Å². The molecule has 4 aromatic rings. The highest BCUT2D eigenvalue weighted by atomic mass is 16.7. The van der Waals surface area contributed by atoms with Crippen LogP contribution in [0.25, 0.3) is 33.9 Å². The van der Waals surface area contributed by atoms with Crippen LogP contribution in [0.2, 0.25) is 0 Å². The van der Waals surface area contributed by atoms with E-state index >= 15 is 0 Å². The molecule has 5 heteroatoms. The molecule has 0 amide bonds. The van der Waals surface area contributed by atoms with Crippen LogP contribution in [0.5, 0.6) is 11.5 Å². The second-order valence-corrected chi connectivity index (χ2v) is 6.13. The van der Waals surface area contributed by atoms with Crippen LogP contribution in [0.3, 0.4) is 0 Å². The summed E-state index contributed by atoms with van der Waals surface area (Å²) in [6, 6.07) is 25.7. The van der Waals surface area contributed by atoms with E-state index in [1.165, 1.54) is 0 Å². The number of ether oxygens (including phenoxy) is 2. The van der Waals surface area contributed by atoms with Gasteiger partial charge in [-0.2, -0.15) is 0 Å². The summed E-state index contributed by atoms with van der Waals surface area (Å²) in [4.78, 5) is 4.85. The molecule has 0 atom stereocenters. The second-order valence-electron chi connectivity index (χ2n) is 6.13. The monoisotopic (exact) mass is 353 g/mol. The van der Waals surface area contributed by atoms with Crippen LogP contribution in [0.4, 0.5) is 0 Å². The third-order valence-electron chi connectivity index (χ3n) is 4.41. The predicted molar refractivity (Wildman–Crippen MR) is 102 cm³/mol. The van der Waals surface area contributed by atoms with Crippen molar-refractivity contribution in [1.82, 2.24) is 15.2 Å². The number of fused-ring (bicyclic) bond motifs is 1. The molecule has 0 N–H and O–H groups in total. The number of aromatic nitrogens is 3. The minimum Gasteiger partial charge on any atom is -0.454 e. The predicted octanol–water partition coefficient (Wildman–Crippen LogP) is 4.60. The molecular formula is C22H15N3O2. The molecule has 1 aromatic heterocycles. The molecule has 2 heterocycles. The van der Waals surface area contributed by atoms with Crippen molar-refractivity contribution < 1.29 is 9.47 Å². The summed E-state index contributed by atoms with van der Waals surface area (Å²) in [5.41, 5.74) is 4.36. The van der Waals surface area contributed by atoms with E-state index in [0.717, 1.165) is 33.8 Å². The molecule has 0 fully saturated rings. The van der Waals surface area contributed by atoms with Crippen molar-refractivity contribution in [3.8, 4) is 45.4 Å². The molecule has 0 spiro atoms. The van der Waals surface area contributed by atoms with E-state index in [4.69, 9.17) is 14.5 Å². The van der Waals surface area contributed by atoms with Crippen molar-refractivity contribution >= 4 is 0 Å². The molecule has 5 rings (SSSR count). The Kier molecular flexibility index (Phi) is 3.76. The number of rotatable bonds is 3. The largest absolute Gasteiger partial charge is 0.454 e. The van der Waals surface area contributed by atoms with Gasteiger partial charge in [-0.05, 0) is 18.2 Å². The first-order valence-electron chi connectivity index (χ1n) is 8.64. The standard InChI is InChI=1S/C22H15N3O2/c1-3-7-15(8-4-1)20-21(16-9-5-2-6-10-16)24-25-22(23-20)17-11-12-18-19(13-17)27-14-26-18/h1-13H,14H2. The van der Waals surface area contributed by atoms with Crippen LogP contribution < -0.4 is 9.47 Å². The molecule has 1 aliphatic heterocycles. The lowest BCUT2D eigenvalue weighted by Crippen LogP contribution is -2.00. The Morgan fingerprint density at radius 2 is 1.26 bits per heavy atom. The van der Waals surface area contributed by atoms with Crippen LogP contribution in [0.15, 0.2) is 78.9 Å². The van der Waals surface area contributed by atoms with E-state index in [2.05, 4.69) is 10.2 Å². The van der Waals surface area contributed by atoms with Gasteiger partial charge < -0.3 is 9.47 Å². The van der Waals surface area contributed by atoms with Crippen LogP contribution in [-0.2, 0) is 0 Å². The molecule has 0 unspecified atom stereocenters. The minimum atomic E-state index is 0.236. The molecule has 0 saturated heterocycles. The molecule has 1 aliphatic rings. The van der Waals surface area contributed by atoms with Crippen molar-refractivity contribution in [3.05, 3.63) is 78.9 Å². The molecule has 27 heavy (non-hydrogen) atoms. The lowest BCUT2D eigenvalue weighted by Gasteiger charge is -2.10. The molecule has 0 radical (unpaired) electrons. The van der Waals surface area contributed by atoms with Crippen molar-refractivity contribution in [1.29, 1.82) is 0 Å². The topological polar surface area (TPSA) is 57.1 Å². The van der Waals surface area contributed by atoms with E-state index in [1.807, 2.05) is 78.9 Å². The zero-order valence-corrected chi connectivity index (χ0v) is 14.4. The summed E-state index contributed by atoms with van der Waals surface area (Å²) in [5, 5.41) is 8.89. The average molecular weight is 353 g/mol. The van der Waals surface area contributed by atoms with Gasteiger partial charge >= 0.3 is 0 Å². The van der Waals surface area contributed by atoms with Crippen LogP contribution in [0.1, 0.15) is 0 Å². The Bertz CT molecular complexity index is 1100. The maximum Gasteiger partial charge on any atom is 0.231 e. The SMILES string of the molecule is c1ccc(-c2nnc(-c3ccc4c(c3)OCO4)nc2-c2ccccc2)cc1. The van der Waals surface area contributed by atoms with Crippen molar-refractivity contribution in [2.75, 3.05) is 6.79 Å². The Hall–Kier alpha value is -3.73. The van der Waals surface area contributed by atoms with E-state index in [0.29, 0.717) is 11.6 Å². The smallest absolute Gasteiger partial charge is 0.231 e. The van der Waals surface area contributed by atoms with Gasteiger partial charge in [-0.3, -0.25) is 0 Å². The molecule has 5 nitrogen and oxygen atoms in total. The highest BCUT2D eigenvalue weighted by Crippen LogP contribution is 2.36. The summed E-state index contributed by atoms with van der Waals surface area (Å²) in [7, 11) is 0. The van der Waals surface area contributed by atoms with Gasteiger partial charge in [0.1, 0.15) is 11.4 Å². The fraction of sp³-hybridized carbons (Fsp3) is 0.0455. The van der Waals surface area contributed by atoms with Gasteiger partial charge in [0.05, 0.1) is 0 Å². The Morgan fingerprint density at radius 3 is 2.00 bits per heavy atom. The fourth-order valence-corrected chi connectivity index (χ4v) is 3.07.